The van der Waals surface area contributed by atoms with Gasteiger partial charge in [-0.25, -0.2) is 0 Å². The first-order valence-electron chi connectivity index (χ1n) is 22.9. The Morgan fingerprint density at radius 2 is 0.841 bits per heavy atom. The second kappa shape index (κ2) is 33.3. The predicted molar refractivity (Wildman–Crippen MR) is 290 cm³/mol. The van der Waals surface area contributed by atoms with Crippen LogP contribution < -0.4 is 4.74 Å². The van der Waals surface area contributed by atoms with Gasteiger partial charge in [0.1, 0.15) is 11.5 Å². The molecule has 0 aliphatic carbocycles. The number of thioether (sulfide) groups is 2. The van der Waals surface area contributed by atoms with E-state index < -0.39 is 0 Å². The quantitative estimate of drug-likeness (QED) is 0.0453. The van der Waals surface area contributed by atoms with Crippen LogP contribution in [0.1, 0.15) is 83.7 Å². The van der Waals surface area contributed by atoms with Gasteiger partial charge >= 0.3 is 11.9 Å². The number of aliphatic hydroxyl groups excluding tert-OH is 1. The Kier molecular flexibility index (Phi) is 27.6. The second-order valence-electron chi connectivity index (χ2n) is 15.9. The number of benzene rings is 6. The summed E-state index contributed by atoms with van der Waals surface area (Å²) in [5.41, 5.74) is 7.22. The van der Waals surface area contributed by atoms with Gasteiger partial charge in [0, 0.05) is 56.3 Å². The molecule has 0 aliphatic rings. The third kappa shape index (κ3) is 23.0. The summed E-state index contributed by atoms with van der Waals surface area (Å²) in [4.78, 5) is 22.0. The fraction of sp³-hybridized carbons (Fsp3) is 0.321. The molecule has 2 N–H and O–H groups in total. The average molecular weight is 1050 g/mol. The third-order valence-electron chi connectivity index (χ3n) is 10.9. The van der Waals surface area contributed by atoms with Crippen LogP contribution in [0.15, 0.2) is 146 Å². The Morgan fingerprint density at radius 3 is 1.19 bits per heavy atom. The number of rotatable bonds is 24. The number of halogens is 4. The van der Waals surface area contributed by atoms with Gasteiger partial charge in [0.2, 0.25) is 0 Å². The van der Waals surface area contributed by atoms with Crippen LogP contribution in [0.25, 0.3) is 0 Å². The van der Waals surface area contributed by atoms with E-state index in [9.17, 15) is 9.59 Å². The normalized spacial score (nSPS) is 10.7. The number of carbonyl (C=O) groups is 2. The zero-order chi connectivity index (χ0) is 49.6. The summed E-state index contributed by atoms with van der Waals surface area (Å²) in [6.45, 7) is 0.923. The molecule has 0 amide bonds. The summed E-state index contributed by atoms with van der Waals surface area (Å²) in [6.07, 6.45) is 6.44. The maximum atomic E-state index is 11.2. The third-order valence-corrected chi connectivity index (χ3v) is 14.0. The smallest absolute Gasteiger partial charge is 0.305 e. The van der Waals surface area contributed by atoms with Crippen molar-refractivity contribution in [2.45, 2.75) is 63.2 Å². The first-order chi connectivity index (χ1) is 33.5. The fourth-order valence-corrected chi connectivity index (χ4v) is 9.19. The minimum absolute atomic E-state index is 0.190. The van der Waals surface area contributed by atoms with Crippen LogP contribution in [-0.4, -0.2) is 72.6 Å². The van der Waals surface area contributed by atoms with Crippen LogP contribution in [-0.2, 0) is 31.9 Å². The van der Waals surface area contributed by atoms with Gasteiger partial charge in [-0.15, -0.1) is 0 Å². The molecule has 0 bridgehead atoms. The van der Waals surface area contributed by atoms with Gasteiger partial charge in [-0.3, -0.25) is 9.59 Å². The van der Waals surface area contributed by atoms with Crippen molar-refractivity contribution in [1.82, 2.24) is 0 Å². The Labute approximate surface area is 437 Å². The Hall–Kier alpha value is -4.32. The molecule has 0 radical (unpaired) electrons. The maximum absolute atomic E-state index is 11.2. The minimum atomic E-state index is -0.215. The van der Waals surface area contributed by atoms with Gasteiger partial charge in [-0.2, -0.15) is 23.5 Å². The van der Waals surface area contributed by atoms with Crippen LogP contribution in [0.4, 0.5) is 0 Å². The van der Waals surface area contributed by atoms with Gasteiger partial charge < -0.3 is 24.4 Å². The summed E-state index contributed by atoms with van der Waals surface area (Å²) in [5, 5.41) is 20.9. The predicted octanol–water partition coefficient (Wildman–Crippen LogP) is 15.0. The van der Waals surface area contributed by atoms with Gasteiger partial charge in [-0.1, -0.05) is 119 Å². The van der Waals surface area contributed by atoms with Crippen molar-refractivity contribution in [3.05, 3.63) is 199 Å². The molecule has 0 aliphatic heterocycles. The molecule has 69 heavy (non-hydrogen) atoms. The number of aliphatic hydroxyl groups is 1. The highest BCUT2D eigenvalue weighted by atomic mass is 35.5. The van der Waals surface area contributed by atoms with Crippen molar-refractivity contribution in [3.63, 3.8) is 0 Å². The van der Waals surface area contributed by atoms with E-state index in [1.807, 2.05) is 84.6 Å². The SMILES string of the molecule is COC(=O)CCc1ccc(O)cc1.COC(=O)CCc1ccc(OCCSCCCC(c2ccc(Cl)cc2)c2ccc(Cl)cc2)cc1.OCCSCCCC(c1ccc(Cl)cc1)c1ccc(Cl)cc1. The first-order valence-corrected chi connectivity index (χ1v) is 26.7. The Balaban J connectivity index is 0.000000252. The van der Waals surface area contributed by atoms with Crippen molar-refractivity contribution < 1.29 is 34.0 Å². The van der Waals surface area contributed by atoms with Crippen molar-refractivity contribution >= 4 is 81.9 Å². The number of ether oxygens (including phenoxy) is 3. The molecular weight excluding hydrogens is 991 g/mol. The molecule has 7 nitrogen and oxygen atoms in total. The second-order valence-corrected chi connectivity index (χ2v) is 20.1. The number of aryl methyl sites for hydroxylation is 2. The zero-order valence-corrected chi connectivity index (χ0v) is 43.8. The Bertz CT molecular complexity index is 2240. The van der Waals surface area contributed by atoms with Gasteiger partial charge in [-0.05, 0) is 156 Å². The molecule has 368 valence electrons. The number of phenols is 1. The van der Waals surface area contributed by atoms with E-state index in [1.165, 1.54) is 36.5 Å². The van der Waals surface area contributed by atoms with Crippen molar-refractivity contribution in [2.24, 2.45) is 0 Å². The minimum Gasteiger partial charge on any atom is -0.508 e. The maximum Gasteiger partial charge on any atom is 0.305 e. The molecule has 0 saturated heterocycles. The molecule has 0 heterocycles. The highest BCUT2D eigenvalue weighted by Crippen LogP contribution is 2.33. The van der Waals surface area contributed by atoms with Crippen LogP contribution in [0.5, 0.6) is 11.5 Å². The molecule has 0 unspecified atom stereocenters. The number of hydrogen-bond donors (Lipinski definition) is 2. The van der Waals surface area contributed by atoms with Crippen LogP contribution in [0.2, 0.25) is 20.1 Å². The fourth-order valence-electron chi connectivity index (χ4n) is 7.21. The van der Waals surface area contributed by atoms with E-state index in [0.29, 0.717) is 44.1 Å². The van der Waals surface area contributed by atoms with E-state index in [1.54, 1.807) is 36.0 Å². The van der Waals surface area contributed by atoms with E-state index in [4.69, 9.17) is 61.4 Å². The molecule has 6 aromatic carbocycles. The largest absolute Gasteiger partial charge is 0.508 e. The number of hydrogen-bond acceptors (Lipinski definition) is 9. The lowest BCUT2D eigenvalue weighted by Crippen LogP contribution is -2.04. The number of phenolic OH excluding ortho intramolecular Hbond substituents is 1. The first kappa shape index (κ1) is 57.3. The highest BCUT2D eigenvalue weighted by molar-refractivity contribution is 7.99. The van der Waals surface area contributed by atoms with Crippen molar-refractivity contribution in [2.75, 3.05) is 50.4 Å². The molecule has 0 saturated carbocycles. The van der Waals surface area contributed by atoms with E-state index >= 15 is 0 Å². The highest BCUT2D eigenvalue weighted by Gasteiger charge is 2.16. The summed E-state index contributed by atoms with van der Waals surface area (Å²) in [5.74, 6) is 5.26. The van der Waals surface area contributed by atoms with Gasteiger partial charge in [0.15, 0.2) is 0 Å². The summed E-state index contributed by atoms with van der Waals surface area (Å²) >= 11 is 27.9. The van der Waals surface area contributed by atoms with Gasteiger partial charge in [0.25, 0.3) is 0 Å². The van der Waals surface area contributed by atoms with Crippen LogP contribution in [0, 0.1) is 0 Å². The summed E-state index contributed by atoms with van der Waals surface area (Å²) in [6, 6.07) is 47.2. The van der Waals surface area contributed by atoms with Crippen LogP contribution >= 0.6 is 69.9 Å². The monoisotopic (exact) mass is 1050 g/mol. The average Bonchev–Trinajstić information content (AvgIpc) is 3.37. The van der Waals surface area contributed by atoms with Crippen LogP contribution in [0.3, 0.4) is 0 Å². The summed E-state index contributed by atoms with van der Waals surface area (Å²) in [7, 11) is 2.79. The molecule has 13 heteroatoms. The lowest BCUT2D eigenvalue weighted by atomic mass is 9.88. The number of carbonyl (C=O) groups excluding carboxylic acids is 2. The molecule has 6 aromatic rings. The standard InChI is InChI=1S/C28H30Cl2O3S.C18H20Cl2OS.C10H12O3/c1-32-28(31)17-6-21-4-15-26(16-5-21)33-18-20-34-19-2-3-27(22-7-11-24(29)12-8-22)23-9-13-25(30)14-10-23;19-16-7-3-14(4-8-16)18(2-1-12-22-13-11-21)15-5-9-17(20)10-6-15;1-13-10(12)7-4-8-2-5-9(11)6-3-8/h4-5,7-16,27H,2-3,6,17-20H2,1H3;3-10,18,21H,1-2,11-13H2;2-3,5-6,11H,4,7H2,1H3. The topological polar surface area (TPSA) is 102 Å². The molecule has 6 rings (SSSR count). The van der Waals surface area contributed by atoms with E-state index in [0.717, 1.165) is 85.7 Å². The molecular formula is C56H62Cl4O7S2. The lowest BCUT2D eigenvalue weighted by Gasteiger charge is -2.18. The van der Waals surface area contributed by atoms with Crippen molar-refractivity contribution in [3.8, 4) is 11.5 Å². The van der Waals surface area contributed by atoms with E-state index in [2.05, 4.69) is 58.0 Å². The number of esters is 2. The zero-order valence-electron chi connectivity index (χ0n) is 39.2. The van der Waals surface area contributed by atoms with E-state index in [-0.39, 0.29) is 24.3 Å². The molecule has 0 aromatic heterocycles. The van der Waals surface area contributed by atoms with Gasteiger partial charge in [0.05, 0.1) is 27.4 Å². The summed E-state index contributed by atoms with van der Waals surface area (Å²) < 4.78 is 15.0. The Morgan fingerprint density at radius 1 is 0.493 bits per heavy atom. The van der Waals surface area contributed by atoms with Crippen molar-refractivity contribution in [1.29, 1.82) is 0 Å². The lowest BCUT2D eigenvalue weighted by molar-refractivity contribution is -0.141. The molecule has 0 spiro atoms. The molecule has 0 atom stereocenters. The number of methoxy groups -OCH3 is 2. The molecule has 0 fully saturated rings. The number of aromatic hydroxyl groups is 1.